The Morgan fingerprint density at radius 3 is 1.59 bits per heavy atom. The number of carbonyl (C=O) groups is 1. The molecule has 4 heteroatoms. The number of alkyl halides is 1. The monoisotopic (exact) mass is 310 g/mol. The zero-order valence-electron chi connectivity index (χ0n) is 11.0. The van der Waals surface area contributed by atoms with Crippen molar-refractivity contribution in [3.63, 3.8) is 0 Å². The Labute approximate surface area is 114 Å². The van der Waals surface area contributed by atoms with Crippen LogP contribution in [-0.2, 0) is 4.79 Å². The molecule has 0 radical (unpaired) electrons. The van der Waals surface area contributed by atoms with Gasteiger partial charge in [-0.1, -0.05) is 74.2 Å². The summed E-state index contributed by atoms with van der Waals surface area (Å²) in [6.07, 6.45) is 11.8. The number of rotatable bonds is 10. The standard InChI is InChI=1S/C11H24O.C2H3BrO2/c1-2-3-4-5-6-7-8-9-10-11-12;3-1-2(4)5/h12H,2-11H2,1H3;1H2,(H,4,5). The van der Waals surface area contributed by atoms with Crippen LogP contribution in [0.15, 0.2) is 0 Å². The molecule has 0 aliphatic heterocycles. The van der Waals surface area contributed by atoms with Crippen molar-refractivity contribution in [3.8, 4) is 0 Å². The molecule has 17 heavy (non-hydrogen) atoms. The fraction of sp³-hybridized carbons (Fsp3) is 0.923. The number of aliphatic hydroxyl groups excluding tert-OH is 1. The average Bonchev–Trinajstić information content (AvgIpc) is 2.33. The van der Waals surface area contributed by atoms with Gasteiger partial charge in [0.1, 0.15) is 5.33 Å². The van der Waals surface area contributed by atoms with E-state index >= 15 is 0 Å². The summed E-state index contributed by atoms with van der Waals surface area (Å²) in [6, 6.07) is 0. The van der Waals surface area contributed by atoms with E-state index in [2.05, 4.69) is 22.9 Å². The molecule has 0 saturated carbocycles. The molecular weight excluding hydrogens is 284 g/mol. The molecule has 0 aliphatic carbocycles. The molecule has 0 heterocycles. The van der Waals surface area contributed by atoms with Crippen molar-refractivity contribution >= 4 is 21.9 Å². The molecule has 0 aromatic rings. The molecule has 0 saturated heterocycles. The van der Waals surface area contributed by atoms with Gasteiger partial charge in [0.2, 0.25) is 0 Å². The van der Waals surface area contributed by atoms with Crippen LogP contribution in [0.25, 0.3) is 0 Å². The van der Waals surface area contributed by atoms with E-state index in [0.29, 0.717) is 6.61 Å². The zero-order valence-corrected chi connectivity index (χ0v) is 12.5. The van der Waals surface area contributed by atoms with E-state index in [4.69, 9.17) is 10.2 Å². The summed E-state index contributed by atoms with van der Waals surface area (Å²) in [5.41, 5.74) is 0. The van der Waals surface area contributed by atoms with Crippen LogP contribution in [0.3, 0.4) is 0 Å². The van der Waals surface area contributed by atoms with Gasteiger partial charge in [-0.25, -0.2) is 0 Å². The van der Waals surface area contributed by atoms with Gasteiger partial charge < -0.3 is 10.2 Å². The Kier molecular flexibility index (Phi) is 20.7. The second-order valence-corrected chi connectivity index (χ2v) is 4.64. The molecule has 3 nitrogen and oxygen atoms in total. The van der Waals surface area contributed by atoms with Crippen LogP contribution in [0, 0.1) is 0 Å². The lowest BCUT2D eigenvalue weighted by molar-refractivity contribution is -0.133. The third-order valence-electron chi connectivity index (χ3n) is 2.38. The lowest BCUT2D eigenvalue weighted by Gasteiger charge is -1.99. The van der Waals surface area contributed by atoms with Crippen molar-refractivity contribution in [2.75, 3.05) is 11.9 Å². The summed E-state index contributed by atoms with van der Waals surface area (Å²) < 4.78 is 0. The van der Waals surface area contributed by atoms with Crippen LogP contribution < -0.4 is 0 Å². The maximum absolute atomic E-state index is 9.32. The minimum Gasteiger partial charge on any atom is -0.481 e. The number of aliphatic hydroxyl groups is 1. The summed E-state index contributed by atoms with van der Waals surface area (Å²) in [4.78, 5) is 9.32. The molecular formula is C13H27BrO3. The van der Waals surface area contributed by atoms with Gasteiger partial charge in [0.25, 0.3) is 0 Å². The normalized spacial score (nSPS) is 9.59. The topological polar surface area (TPSA) is 57.5 Å². The largest absolute Gasteiger partial charge is 0.481 e. The predicted molar refractivity (Wildman–Crippen MR) is 75.7 cm³/mol. The number of unbranched alkanes of at least 4 members (excludes halogenated alkanes) is 8. The highest BCUT2D eigenvalue weighted by molar-refractivity contribution is 9.09. The van der Waals surface area contributed by atoms with E-state index in [1.165, 1.54) is 51.4 Å². The Hall–Kier alpha value is -0.0900. The molecule has 0 bridgehead atoms. The highest BCUT2D eigenvalue weighted by atomic mass is 79.9. The summed E-state index contributed by atoms with van der Waals surface area (Å²) in [5, 5.41) is 16.2. The quantitative estimate of drug-likeness (QED) is 0.474. The molecule has 104 valence electrons. The van der Waals surface area contributed by atoms with Gasteiger partial charge in [-0.3, -0.25) is 4.79 Å². The Morgan fingerprint density at radius 2 is 1.29 bits per heavy atom. The van der Waals surface area contributed by atoms with Crippen molar-refractivity contribution in [1.82, 2.24) is 0 Å². The van der Waals surface area contributed by atoms with E-state index in [-0.39, 0.29) is 5.33 Å². The van der Waals surface area contributed by atoms with Crippen LogP contribution in [0.1, 0.15) is 64.7 Å². The van der Waals surface area contributed by atoms with Gasteiger partial charge in [-0.05, 0) is 6.42 Å². The molecule has 0 atom stereocenters. The third kappa shape index (κ3) is 25.9. The molecule has 0 rings (SSSR count). The first-order valence-electron chi connectivity index (χ1n) is 6.57. The van der Waals surface area contributed by atoms with E-state index in [1.54, 1.807) is 0 Å². The Morgan fingerprint density at radius 1 is 0.941 bits per heavy atom. The molecule has 0 fully saturated rings. The maximum Gasteiger partial charge on any atom is 0.314 e. The van der Waals surface area contributed by atoms with Crippen LogP contribution >= 0.6 is 15.9 Å². The van der Waals surface area contributed by atoms with Gasteiger partial charge in [0.05, 0.1) is 0 Å². The Balaban J connectivity index is 0. The molecule has 2 N–H and O–H groups in total. The number of hydrogen-bond acceptors (Lipinski definition) is 2. The predicted octanol–water partition coefficient (Wildman–Crippen LogP) is 3.98. The first kappa shape index (κ1) is 19.3. The third-order valence-corrected chi connectivity index (χ3v) is 2.86. The molecule has 0 aliphatic rings. The second-order valence-electron chi connectivity index (χ2n) is 4.08. The van der Waals surface area contributed by atoms with Crippen molar-refractivity contribution in [1.29, 1.82) is 0 Å². The maximum atomic E-state index is 9.32. The van der Waals surface area contributed by atoms with Gasteiger partial charge in [0.15, 0.2) is 0 Å². The zero-order chi connectivity index (χ0) is 13.4. The van der Waals surface area contributed by atoms with E-state index in [9.17, 15) is 4.79 Å². The van der Waals surface area contributed by atoms with Gasteiger partial charge in [-0.2, -0.15) is 0 Å². The second kappa shape index (κ2) is 18.3. The molecule has 0 aromatic carbocycles. The molecule has 0 unspecified atom stereocenters. The minimum atomic E-state index is -0.829. The van der Waals surface area contributed by atoms with Crippen LogP contribution in [0.2, 0.25) is 0 Å². The number of aliphatic carboxylic acids is 1. The highest BCUT2D eigenvalue weighted by Gasteiger charge is 1.90. The van der Waals surface area contributed by atoms with Crippen molar-refractivity contribution in [2.24, 2.45) is 0 Å². The van der Waals surface area contributed by atoms with Crippen LogP contribution in [0.5, 0.6) is 0 Å². The van der Waals surface area contributed by atoms with Crippen molar-refractivity contribution in [2.45, 2.75) is 64.7 Å². The summed E-state index contributed by atoms with van der Waals surface area (Å²) in [5.74, 6) is -0.829. The fourth-order valence-electron chi connectivity index (χ4n) is 1.42. The SMILES string of the molecule is CCCCCCCCCCCO.O=C(O)CBr. The number of hydrogen-bond donors (Lipinski definition) is 2. The van der Waals surface area contributed by atoms with E-state index < -0.39 is 5.97 Å². The lowest BCUT2D eigenvalue weighted by Crippen LogP contribution is -1.92. The molecule has 0 spiro atoms. The first-order chi connectivity index (χ1) is 8.18. The number of halogens is 1. The highest BCUT2D eigenvalue weighted by Crippen LogP contribution is 2.08. The summed E-state index contributed by atoms with van der Waals surface area (Å²) >= 11 is 2.71. The van der Waals surface area contributed by atoms with Crippen LogP contribution in [0.4, 0.5) is 0 Å². The number of carboxylic acids is 1. The van der Waals surface area contributed by atoms with E-state index in [1.807, 2.05) is 0 Å². The van der Waals surface area contributed by atoms with Gasteiger partial charge in [0, 0.05) is 6.61 Å². The molecule has 0 aromatic heterocycles. The van der Waals surface area contributed by atoms with Crippen molar-refractivity contribution in [3.05, 3.63) is 0 Å². The van der Waals surface area contributed by atoms with Gasteiger partial charge >= 0.3 is 5.97 Å². The van der Waals surface area contributed by atoms with Crippen LogP contribution in [-0.4, -0.2) is 28.1 Å². The van der Waals surface area contributed by atoms with Gasteiger partial charge in [-0.15, -0.1) is 0 Å². The number of carboxylic acid groups (broad SMARTS) is 1. The summed E-state index contributed by atoms with van der Waals surface area (Å²) in [7, 11) is 0. The van der Waals surface area contributed by atoms with E-state index in [0.717, 1.165) is 6.42 Å². The Bertz CT molecular complexity index is 142. The minimum absolute atomic E-state index is 0.0347. The molecule has 0 amide bonds. The van der Waals surface area contributed by atoms with Crippen molar-refractivity contribution < 1.29 is 15.0 Å². The lowest BCUT2D eigenvalue weighted by atomic mass is 10.1. The average molecular weight is 311 g/mol. The first-order valence-corrected chi connectivity index (χ1v) is 7.69. The summed E-state index contributed by atoms with van der Waals surface area (Å²) in [6.45, 7) is 2.62. The smallest absolute Gasteiger partial charge is 0.314 e. The fourth-order valence-corrected chi connectivity index (χ4v) is 1.42.